The lowest BCUT2D eigenvalue weighted by Crippen LogP contribution is -2.37. The highest BCUT2D eigenvalue weighted by atomic mass is 16.5. The van der Waals surface area contributed by atoms with E-state index in [0.717, 1.165) is 12.8 Å². The third-order valence-electron chi connectivity index (χ3n) is 3.53. The van der Waals surface area contributed by atoms with Crippen LogP contribution < -0.4 is 0 Å². The Morgan fingerprint density at radius 3 is 3.00 bits per heavy atom. The first-order valence-corrected chi connectivity index (χ1v) is 5.46. The van der Waals surface area contributed by atoms with Crippen molar-refractivity contribution < 1.29 is 14.3 Å². The van der Waals surface area contributed by atoms with E-state index in [0.29, 0.717) is 31.3 Å². The summed E-state index contributed by atoms with van der Waals surface area (Å²) >= 11 is 0. The quantitative estimate of drug-likeness (QED) is 0.673. The van der Waals surface area contributed by atoms with E-state index in [1.165, 1.54) is 6.42 Å². The summed E-state index contributed by atoms with van der Waals surface area (Å²) in [5, 5.41) is 0. The molecular weight excluding hydrogens is 180 g/mol. The molecule has 14 heavy (non-hydrogen) atoms. The number of ether oxygens (including phenoxy) is 2. The van der Waals surface area contributed by atoms with Crippen molar-refractivity contribution in [2.75, 3.05) is 20.3 Å². The summed E-state index contributed by atoms with van der Waals surface area (Å²) in [5.41, 5.74) is 0. The van der Waals surface area contributed by atoms with Gasteiger partial charge in [0.2, 0.25) is 0 Å². The molecule has 0 aromatic carbocycles. The van der Waals surface area contributed by atoms with Gasteiger partial charge >= 0.3 is 0 Å². The Labute approximate surface area is 84.8 Å². The number of ketones is 1. The van der Waals surface area contributed by atoms with Gasteiger partial charge in [0.25, 0.3) is 0 Å². The molecule has 1 saturated heterocycles. The van der Waals surface area contributed by atoms with Gasteiger partial charge in [-0.25, -0.2) is 0 Å². The van der Waals surface area contributed by atoms with Crippen LogP contribution in [0.1, 0.15) is 25.7 Å². The molecule has 80 valence electrons. The third kappa shape index (κ3) is 1.84. The molecule has 1 aliphatic heterocycles. The highest BCUT2D eigenvalue weighted by molar-refractivity contribution is 5.82. The molecule has 3 atom stereocenters. The number of hydrogen-bond donors (Lipinski definition) is 0. The van der Waals surface area contributed by atoms with Gasteiger partial charge in [-0.3, -0.25) is 4.79 Å². The van der Waals surface area contributed by atoms with Gasteiger partial charge in [0, 0.05) is 19.4 Å². The van der Waals surface area contributed by atoms with E-state index in [9.17, 15) is 4.79 Å². The second-order valence-electron chi connectivity index (χ2n) is 4.27. The third-order valence-corrected chi connectivity index (χ3v) is 3.53. The topological polar surface area (TPSA) is 35.5 Å². The summed E-state index contributed by atoms with van der Waals surface area (Å²) in [6.07, 6.45) is 4.29. The smallest absolute Gasteiger partial charge is 0.140 e. The largest absolute Gasteiger partial charge is 0.381 e. The van der Waals surface area contributed by atoms with Crippen molar-refractivity contribution >= 4 is 5.78 Å². The van der Waals surface area contributed by atoms with Crippen LogP contribution in [0.25, 0.3) is 0 Å². The van der Waals surface area contributed by atoms with Crippen molar-refractivity contribution in [3.05, 3.63) is 0 Å². The van der Waals surface area contributed by atoms with Crippen LogP contribution in [0.4, 0.5) is 0 Å². The van der Waals surface area contributed by atoms with Crippen LogP contribution in [-0.4, -0.2) is 32.2 Å². The first-order chi connectivity index (χ1) is 6.83. The predicted molar refractivity (Wildman–Crippen MR) is 52.1 cm³/mol. The SMILES string of the molecule is COC1CCCC1C1COCCC1=O. The standard InChI is InChI=1S/C11H18O3/c1-13-11-4-2-3-8(11)9-7-14-6-5-10(9)12/h8-9,11H,2-7H2,1H3. The molecule has 1 aliphatic carbocycles. The monoisotopic (exact) mass is 198 g/mol. The number of carbonyl (C=O) groups is 1. The molecule has 0 aromatic rings. The Morgan fingerprint density at radius 1 is 1.43 bits per heavy atom. The normalized spacial score (nSPS) is 38.9. The Balaban J connectivity index is 2.01. The molecular formula is C11H18O3. The zero-order valence-electron chi connectivity index (χ0n) is 8.70. The molecule has 0 amide bonds. The lowest BCUT2D eigenvalue weighted by Gasteiger charge is -2.29. The minimum atomic E-state index is 0.108. The summed E-state index contributed by atoms with van der Waals surface area (Å²) in [6.45, 7) is 1.23. The number of Topliss-reactive ketones (excluding diaryl/α,β-unsaturated/α-hetero) is 1. The number of methoxy groups -OCH3 is 1. The van der Waals surface area contributed by atoms with Crippen molar-refractivity contribution in [3.8, 4) is 0 Å². The van der Waals surface area contributed by atoms with Gasteiger partial charge in [-0.2, -0.15) is 0 Å². The minimum absolute atomic E-state index is 0.108. The van der Waals surface area contributed by atoms with Crippen molar-refractivity contribution in [3.63, 3.8) is 0 Å². The average Bonchev–Trinajstić information content (AvgIpc) is 2.66. The maximum absolute atomic E-state index is 11.7. The summed E-state index contributed by atoms with van der Waals surface area (Å²) < 4.78 is 10.8. The molecule has 3 unspecified atom stereocenters. The maximum Gasteiger partial charge on any atom is 0.140 e. The van der Waals surface area contributed by atoms with E-state index in [2.05, 4.69) is 0 Å². The molecule has 0 aromatic heterocycles. The highest BCUT2D eigenvalue weighted by Crippen LogP contribution is 2.35. The Hall–Kier alpha value is -0.410. The van der Waals surface area contributed by atoms with Gasteiger partial charge in [-0.1, -0.05) is 6.42 Å². The molecule has 1 saturated carbocycles. The lowest BCUT2D eigenvalue weighted by atomic mass is 9.84. The van der Waals surface area contributed by atoms with E-state index < -0.39 is 0 Å². The van der Waals surface area contributed by atoms with Crippen molar-refractivity contribution in [2.24, 2.45) is 11.8 Å². The second kappa shape index (κ2) is 4.41. The second-order valence-corrected chi connectivity index (χ2v) is 4.27. The van der Waals surface area contributed by atoms with E-state index in [1.54, 1.807) is 7.11 Å². The molecule has 3 nitrogen and oxygen atoms in total. The first kappa shape index (κ1) is 10.1. The molecule has 0 N–H and O–H groups in total. The van der Waals surface area contributed by atoms with Gasteiger partial charge in [0.15, 0.2) is 0 Å². The Kier molecular flexibility index (Phi) is 3.19. The summed E-state index contributed by atoms with van der Waals surface area (Å²) in [7, 11) is 1.75. The van der Waals surface area contributed by atoms with E-state index in [-0.39, 0.29) is 12.0 Å². The van der Waals surface area contributed by atoms with Crippen LogP contribution >= 0.6 is 0 Å². The minimum Gasteiger partial charge on any atom is -0.381 e. The molecule has 2 aliphatic rings. The number of hydrogen-bond acceptors (Lipinski definition) is 3. The molecule has 0 radical (unpaired) electrons. The number of rotatable bonds is 2. The number of carbonyl (C=O) groups excluding carboxylic acids is 1. The Bertz CT molecular complexity index is 215. The molecule has 3 heteroatoms. The fourth-order valence-electron chi connectivity index (χ4n) is 2.73. The van der Waals surface area contributed by atoms with Crippen LogP contribution in [0.15, 0.2) is 0 Å². The molecule has 0 bridgehead atoms. The zero-order chi connectivity index (χ0) is 9.97. The fraction of sp³-hybridized carbons (Fsp3) is 0.909. The van der Waals surface area contributed by atoms with E-state index >= 15 is 0 Å². The Morgan fingerprint density at radius 2 is 2.29 bits per heavy atom. The van der Waals surface area contributed by atoms with Crippen LogP contribution in [0.3, 0.4) is 0 Å². The summed E-state index contributed by atoms with van der Waals surface area (Å²) in [4.78, 5) is 11.7. The van der Waals surface area contributed by atoms with Crippen LogP contribution in [0, 0.1) is 11.8 Å². The lowest BCUT2D eigenvalue weighted by molar-refractivity contribution is -0.135. The maximum atomic E-state index is 11.7. The van der Waals surface area contributed by atoms with Crippen molar-refractivity contribution in [1.29, 1.82) is 0 Å². The molecule has 1 heterocycles. The summed E-state index contributed by atoms with van der Waals surface area (Å²) in [5.74, 6) is 0.897. The van der Waals surface area contributed by atoms with Gasteiger partial charge < -0.3 is 9.47 Å². The highest BCUT2D eigenvalue weighted by Gasteiger charge is 2.38. The predicted octanol–water partition coefficient (Wildman–Crippen LogP) is 1.41. The fourth-order valence-corrected chi connectivity index (χ4v) is 2.73. The molecule has 2 rings (SSSR count). The van der Waals surface area contributed by atoms with Gasteiger partial charge in [-0.15, -0.1) is 0 Å². The molecule has 2 fully saturated rings. The van der Waals surface area contributed by atoms with E-state index in [1.807, 2.05) is 0 Å². The van der Waals surface area contributed by atoms with Crippen LogP contribution in [0.5, 0.6) is 0 Å². The van der Waals surface area contributed by atoms with Crippen LogP contribution in [0.2, 0.25) is 0 Å². The van der Waals surface area contributed by atoms with E-state index in [4.69, 9.17) is 9.47 Å². The van der Waals surface area contributed by atoms with Gasteiger partial charge in [0.05, 0.1) is 19.3 Å². The van der Waals surface area contributed by atoms with Gasteiger partial charge in [0.1, 0.15) is 5.78 Å². The first-order valence-electron chi connectivity index (χ1n) is 5.46. The zero-order valence-corrected chi connectivity index (χ0v) is 8.70. The molecule has 0 spiro atoms. The van der Waals surface area contributed by atoms with Crippen molar-refractivity contribution in [1.82, 2.24) is 0 Å². The summed E-state index contributed by atoms with van der Waals surface area (Å²) in [6, 6.07) is 0. The van der Waals surface area contributed by atoms with Crippen molar-refractivity contribution in [2.45, 2.75) is 31.8 Å². The average molecular weight is 198 g/mol. The van der Waals surface area contributed by atoms with Crippen LogP contribution in [-0.2, 0) is 14.3 Å². The van der Waals surface area contributed by atoms with Gasteiger partial charge in [-0.05, 0) is 18.8 Å².